The third-order valence-corrected chi connectivity index (χ3v) is 38.9. The number of ether oxygens (including phenoxy) is 1. The summed E-state index contributed by atoms with van der Waals surface area (Å²) in [4.78, 5) is 15.5. The van der Waals surface area contributed by atoms with Gasteiger partial charge in [-0.2, -0.15) is 12.7 Å². The van der Waals surface area contributed by atoms with Gasteiger partial charge in [-0.05, 0) is 284 Å². The molecule has 2 unspecified atom stereocenters. The lowest BCUT2D eigenvalue weighted by Gasteiger charge is -2.44. The van der Waals surface area contributed by atoms with E-state index in [-0.39, 0.29) is 39.5 Å². The van der Waals surface area contributed by atoms with Gasteiger partial charge in [0.2, 0.25) is 10.0 Å². The van der Waals surface area contributed by atoms with Crippen LogP contribution in [0, 0.1) is 34.5 Å². The maximum Gasteiger partial charge on any atom is 0.276 e. The monoisotopic (exact) mass is 2140 g/mol. The van der Waals surface area contributed by atoms with Crippen molar-refractivity contribution in [1.29, 1.82) is 0 Å². The minimum atomic E-state index is -3.43. The molecule has 45 heteroatoms. The van der Waals surface area contributed by atoms with Crippen LogP contribution < -0.4 is 95.3 Å². The largest absolute Gasteiger partial charge is 0.395 e. The molecule has 21 aliphatic rings. The molecule has 3 aliphatic carbocycles. The van der Waals surface area contributed by atoms with Gasteiger partial charge in [-0.25, -0.2) is 27.1 Å². The Labute approximate surface area is 859 Å². The molecular formula is C97H205N21O18S6. The van der Waals surface area contributed by atoms with Crippen LogP contribution in [-0.2, 0) is 68.2 Å². The van der Waals surface area contributed by atoms with Crippen molar-refractivity contribution in [2.45, 2.75) is 252 Å². The Balaban J connectivity index is 0.000000267. The molecule has 18 heterocycles. The van der Waals surface area contributed by atoms with Crippen molar-refractivity contribution in [1.82, 2.24) is 99.2 Å². The van der Waals surface area contributed by atoms with E-state index >= 15 is 0 Å². The maximum absolute atomic E-state index is 11.6. The average molecular weight is 2150 g/mol. The number of nitrogens with one attached hydrogen (secondary N) is 16. The van der Waals surface area contributed by atoms with Crippen molar-refractivity contribution in [3.63, 3.8) is 0 Å². The number of hydrogen-bond acceptors (Lipinski definition) is 36. The number of sulfonamides is 1. The van der Waals surface area contributed by atoms with E-state index in [0.717, 1.165) is 215 Å². The Morgan fingerprint density at radius 3 is 1.15 bits per heavy atom. The van der Waals surface area contributed by atoms with Gasteiger partial charge < -0.3 is 130 Å². The van der Waals surface area contributed by atoms with Crippen LogP contribution in [0.15, 0.2) is 0 Å². The summed E-state index contributed by atoms with van der Waals surface area (Å²) in [5, 5.41) is 122. The molecule has 0 amide bonds. The van der Waals surface area contributed by atoms with E-state index in [0.29, 0.717) is 115 Å². The van der Waals surface area contributed by atoms with Crippen LogP contribution in [0.5, 0.6) is 0 Å². The van der Waals surface area contributed by atoms with Gasteiger partial charge in [-0.1, -0.05) is 52.4 Å². The molecule has 0 aromatic heterocycles. The van der Waals surface area contributed by atoms with Crippen molar-refractivity contribution in [2.24, 2.45) is 44.8 Å². The number of carbonyl (C=O) groups is 1. The lowest BCUT2D eigenvalue weighted by atomic mass is 9.72. The number of carbonyl (C=O) groups excluding carboxylic acids is 1. The highest BCUT2D eigenvalue weighted by Crippen LogP contribution is 2.43. The fourth-order valence-electron chi connectivity index (χ4n) is 18.3. The predicted octanol–water partition coefficient (Wildman–Crippen LogP) is -4.06. The second-order valence-electron chi connectivity index (χ2n) is 44.5. The van der Waals surface area contributed by atoms with Crippen LogP contribution in [0.3, 0.4) is 0 Å². The number of piperidine rings is 6. The van der Waals surface area contributed by atoms with E-state index in [9.17, 15) is 52.9 Å². The zero-order valence-electron chi connectivity index (χ0n) is 88.7. The van der Waals surface area contributed by atoms with Crippen LogP contribution in [0.2, 0.25) is 0 Å². The SMILES string of the molecule is C1CC(C2CCNCC2)C1.C1CC2(CC2)N1.C1CCNCC1.C=S(C)(=O)C1CCNCC1.C=S1(=O)CCC(C2CNC2)CC1.C=S1(=O)CCNCC1.CC(C)(O)CN1CCNCC1.CC1(C)CNC1.CC1(O)CCCC1.CN1CCNCC1.CS(=O)(=O)C1CNC1.NS(=O)(=O)C1CCNCC1.NS(=O)(=O)N1CCNCC1.O=C1COCC2(CNC2)C1.OCC1CN1.O[C@@H]1CCNC[C@@H]1O.O[C@@H]1CNC[C@H](O)C1. The van der Waals surface area contributed by atoms with Gasteiger partial charge in [0, 0.05) is 234 Å². The summed E-state index contributed by atoms with van der Waals surface area (Å²) in [5.74, 6) is 18.5. The molecule has 21 fully saturated rings. The third-order valence-electron chi connectivity index (χ3n) is 29.1. The highest BCUT2D eigenvalue weighted by Gasteiger charge is 2.47. The van der Waals surface area contributed by atoms with E-state index in [1.165, 1.54) is 166 Å². The Morgan fingerprint density at radius 2 is 0.908 bits per heavy atom. The summed E-state index contributed by atoms with van der Waals surface area (Å²) in [7, 11) is -12.3. The lowest BCUT2D eigenvalue weighted by molar-refractivity contribution is -0.138. The topological polar surface area (TPSA) is 586 Å². The number of likely N-dealkylation sites (N-methyl/N-ethyl adjacent to an activating group) is 1. The molecule has 27 N–H and O–H groups in total. The molecule has 0 radical (unpaired) electrons. The number of primary sulfonamides is 1. The smallest absolute Gasteiger partial charge is 0.276 e. The minimum absolute atomic E-state index is 0.109. The normalized spacial score (nSPS) is 29.7. The molecule has 0 aromatic rings. The number of hydrogen-bond donors (Lipinski definition) is 25. The van der Waals surface area contributed by atoms with Crippen LogP contribution in [0.1, 0.15) is 189 Å². The number of rotatable bonds is 9. The number of nitrogens with two attached hydrogens (primary N) is 2. The number of sulfone groups is 1. The van der Waals surface area contributed by atoms with E-state index in [2.05, 4.69) is 133 Å². The fraction of sp³-hybridized carbons (Fsp3) is 0.959. The van der Waals surface area contributed by atoms with Crippen LogP contribution in [-0.4, -0.2) is 479 Å². The second-order valence-corrected chi connectivity index (χ2v) is 58.5. The quantitative estimate of drug-likeness (QED) is 0.0771. The zero-order valence-corrected chi connectivity index (χ0v) is 93.6. The van der Waals surface area contributed by atoms with Gasteiger partial charge in [-0.15, -0.1) is 0 Å². The molecule has 0 aromatic carbocycles. The molecule has 0 bridgehead atoms. The van der Waals surface area contributed by atoms with Crippen molar-refractivity contribution < 1.29 is 83.2 Å². The fourth-order valence-corrected chi connectivity index (χ4v) is 24.9. The van der Waals surface area contributed by atoms with Gasteiger partial charge in [0.15, 0.2) is 15.6 Å². The summed E-state index contributed by atoms with van der Waals surface area (Å²) in [6, 6.07) is 0.440. The number of Topliss-reactive ketones (excluding diaryl/α,β-unsaturated/α-hetero) is 1. The van der Waals surface area contributed by atoms with Crippen molar-refractivity contribution in [3.05, 3.63) is 0 Å². The minimum Gasteiger partial charge on any atom is -0.395 e. The standard InChI is InChI=1S/C9H17NOS.C9H17N.C8H18N2O.C7H11NO2.C7H15NOS.C6H12O.C5H12N2O2S.C5H12N2.2C5H11NO2.C5H11NOS.C5H9N.2C5H11N.C4H11N3O2S.C4H9NO2S.C3H7NO/c1-12(11)4-2-8(3-5-12)9-6-10-7-9;1-2-8(3-1)9-4-6-10-7-5-9;1-8(2,11)7-10-5-3-9-4-6-10;9-6-1-7(3-8-4-7)5-10-2-6;1-10(2,9)7-3-5-8-6-4-7;1-6(7)4-2-3-5-6;6-10(8,9)5-1-3-7-4-2-5;1-7-4-2-6-3-5-7;7-4-1-5(8)3-6-2-4;7-4-1-2-6-3-5(4)8;1-8(7)4-2-6-3-5-8;1-2-5(1)3-4-6-5;1-5(2)3-6-4-5;1-2-4-6-5-3-1;5-10(8,9)7-3-1-6-2-4-7;1-8(6,7)4-2-5-3-4;5-2-3-1-4-3/h8-10H,1-7H2;8-10H,1-7H2;9,11H,3-7H2,1-2H3;8H,1-5H2;7-8H,1,3-6H2,2H3;7H,2-5H2,1H3;5,7H,1-4H2,(H2,6,8,9);6H,2-5H2,1H3;2*4-8H,1-3H2;6H,1-5H2;6H,1-4H2;6H,3-4H2,1-2H3;6H,1-5H2;6H,1-4H2,(H2,5,8,9);4-5H,2-3H2,1H3;3-5H,1-2H2/t;;;;;;;;2*4-,5+;;;;;;;/m.........1......./s1. The first-order chi connectivity index (χ1) is 66.9. The molecule has 842 valence electrons. The van der Waals surface area contributed by atoms with Gasteiger partial charge in [0.25, 0.3) is 10.2 Å². The maximum atomic E-state index is 11.6. The molecule has 18 saturated heterocycles. The molecule has 6 atom stereocenters. The Morgan fingerprint density at radius 1 is 0.472 bits per heavy atom. The van der Waals surface area contributed by atoms with Crippen LogP contribution >= 0.6 is 0 Å². The predicted molar refractivity (Wildman–Crippen MR) is 587 cm³/mol. The van der Waals surface area contributed by atoms with Gasteiger partial charge in [0.1, 0.15) is 6.61 Å². The highest BCUT2D eigenvalue weighted by molar-refractivity contribution is 8.00. The first-order valence-electron chi connectivity index (χ1n) is 53.5. The second kappa shape index (κ2) is 68.5. The number of nitrogens with zero attached hydrogens (tertiary/aromatic N) is 3. The highest BCUT2D eigenvalue weighted by atomic mass is 32.2. The van der Waals surface area contributed by atoms with E-state index in [1.807, 2.05) is 20.8 Å². The average Bonchev–Trinajstić information content (AvgIpc) is 1.62. The van der Waals surface area contributed by atoms with E-state index < -0.39 is 76.4 Å². The summed E-state index contributed by atoms with van der Waals surface area (Å²) in [6.07, 6.45) is 29.3. The molecule has 21 rings (SSSR count). The summed E-state index contributed by atoms with van der Waals surface area (Å²) in [5.41, 5.74) is 0.673. The molecule has 2 spiro atoms. The molecule has 142 heavy (non-hydrogen) atoms. The van der Waals surface area contributed by atoms with Crippen LogP contribution in [0.4, 0.5) is 0 Å². The Bertz CT molecular complexity index is 3840. The Hall–Kier alpha value is -1.58. The number of ketones is 1. The van der Waals surface area contributed by atoms with E-state index in [1.54, 1.807) is 6.26 Å². The number of β-amino-alcohol motifs (C(OH)–C–C–N with tert-alkyl or cyclic N) is 4. The number of piperazine rings is 3. The number of aliphatic hydroxyl groups is 7. The summed E-state index contributed by atoms with van der Waals surface area (Å²) in [6.45, 7) is 46.9. The molecule has 18 aliphatic heterocycles. The van der Waals surface area contributed by atoms with Crippen LogP contribution in [0.25, 0.3) is 0 Å². The first-order valence-corrected chi connectivity index (χ1v) is 64.9. The van der Waals surface area contributed by atoms with Crippen molar-refractivity contribution in [2.75, 3.05) is 305 Å². The third kappa shape index (κ3) is 61.9. The zero-order chi connectivity index (χ0) is 105. The van der Waals surface area contributed by atoms with E-state index in [4.69, 9.17) is 40.5 Å². The summed E-state index contributed by atoms with van der Waals surface area (Å²) < 4.78 is 104. The van der Waals surface area contributed by atoms with Gasteiger partial charge in [-0.3, -0.25) is 22.3 Å². The van der Waals surface area contributed by atoms with Crippen molar-refractivity contribution >= 4 is 82.0 Å². The van der Waals surface area contributed by atoms with Crippen molar-refractivity contribution in [3.8, 4) is 0 Å². The van der Waals surface area contributed by atoms with Gasteiger partial charge in [0.05, 0.1) is 59.3 Å². The van der Waals surface area contributed by atoms with Gasteiger partial charge >= 0.3 is 0 Å². The molecule has 3 saturated carbocycles. The molecular weight excluding hydrogens is 1940 g/mol. The molecule has 39 nitrogen and oxygen atoms in total. The first kappa shape index (κ1) is 131. The summed E-state index contributed by atoms with van der Waals surface area (Å²) >= 11 is 0. The lowest BCUT2D eigenvalue weighted by Crippen LogP contribution is -2.59. The Kier molecular flexibility index (Phi) is 63.2. The number of aliphatic hydroxyl groups excluding tert-OH is 5.